The van der Waals surface area contributed by atoms with Gasteiger partial charge >= 0.3 is 18.1 Å². The third-order valence-corrected chi connectivity index (χ3v) is 12.5. The molecule has 4 aliphatic rings. The van der Waals surface area contributed by atoms with Crippen LogP contribution in [0, 0.1) is 23.7 Å². The predicted octanol–water partition coefficient (Wildman–Crippen LogP) is 4.36. The number of methoxy groups -OCH3 is 1. The molecule has 0 aromatic heterocycles. The van der Waals surface area contributed by atoms with Gasteiger partial charge in [-0.3, -0.25) is 9.59 Å². The van der Waals surface area contributed by atoms with Crippen LogP contribution in [0.4, 0.5) is 4.79 Å². The van der Waals surface area contributed by atoms with Crippen molar-refractivity contribution >= 4 is 18.1 Å². The highest BCUT2D eigenvalue weighted by molar-refractivity contribution is 5.73. The van der Waals surface area contributed by atoms with Crippen LogP contribution in [0.25, 0.3) is 0 Å². The van der Waals surface area contributed by atoms with Crippen molar-refractivity contribution in [1.82, 2.24) is 4.90 Å². The highest BCUT2D eigenvalue weighted by Crippen LogP contribution is 2.44. The first-order chi connectivity index (χ1) is 25.5. The number of aliphatic hydroxyl groups excluding tert-OH is 1. The molecule has 0 aliphatic carbocycles. The van der Waals surface area contributed by atoms with Gasteiger partial charge in [-0.05, 0) is 80.8 Å². The molecule has 0 bridgehead atoms. The molecule has 0 saturated carbocycles. The van der Waals surface area contributed by atoms with Crippen LogP contribution in [-0.2, 0) is 52.2 Å². The van der Waals surface area contributed by atoms with Gasteiger partial charge in [-0.2, -0.15) is 0 Å². The van der Waals surface area contributed by atoms with Crippen molar-refractivity contribution in [1.29, 1.82) is 0 Å². The van der Waals surface area contributed by atoms with Crippen molar-refractivity contribution in [3.8, 4) is 0 Å². The van der Waals surface area contributed by atoms with E-state index in [9.17, 15) is 24.6 Å². The highest BCUT2D eigenvalue weighted by atomic mass is 16.8. The number of nitrogens with zero attached hydrogens (tertiary/aromatic N) is 1. The van der Waals surface area contributed by atoms with Crippen molar-refractivity contribution < 1.29 is 67.2 Å². The van der Waals surface area contributed by atoms with Gasteiger partial charge in [-0.1, -0.05) is 27.7 Å². The maximum Gasteiger partial charge on any atom is 0.509 e. The fourth-order valence-electron chi connectivity index (χ4n) is 9.56. The smallest absolute Gasteiger partial charge is 0.458 e. The highest BCUT2D eigenvalue weighted by Gasteiger charge is 2.59. The minimum absolute atomic E-state index is 0.00479. The fraction of sp³-hybridized carbons (Fsp3) is 0.925. The molecular formula is C40H69NO14. The van der Waals surface area contributed by atoms with Crippen molar-refractivity contribution in [2.75, 3.05) is 21.2 Å². The van der Waals surface area contributed by atoms with E-state index in [0.717, 1.165) is 0 Å². The van der Waals surface area contributed by atoms with Gasteiger partial charge in [0.2, 0.25) is 0 Å². The predicted molar refractivity (Wildman–Crippen MR) is 199 cm³/mol. The first kappa shape index (κ1) is 45.6. The molecule has 4 rings (SSSR count). The van der Waals surface area contributed by atoms with Crippen molar-refractivity contribution in [3.05, 3.63) is 0 Å². The van der Waals surface area contributed by atoms with E-state index in [1.807, 2.05) is 53.6 Å². The second-order valence-corrected chi connectivity index (χ2v) is 17.7. The first-order valence-corrected chi connectivity index (χ1v) is 20.0. The fourth-order valence-corrected chi connectivity index (χ4v) is 9.56. The van der Waals surface area contributed by atoms with Crippen LogP contribution in [0.2, 0.25) is 0 Å². The Morgan fingerprint density at radius 2 is 1.56 bits per heavy atom. The number of cyclic esters (lactones) is 1. The lowest BCUT2D eigenvalue weighted by atomic mass is 9.73. The minimum atomic E-state index is -1.72. The molecule has 0 aromatic carbocycles. The number of esters is 2. The monoisotopic (exact) mass is 787 g/mol. The van der Waals surface area contributed by atoms with Crippen LogP contribution < -0.4 is 0 Å². The molecule has 4 aliphatic heterocycles. The Bertz CT molecular complexity index is 1330. The molecule has 318 valence electrons. The van der Waals surface area contributed by atoms with E-state index >= 15 is 0 Å². The molecule has 15 nitrogen and oxygen atoms in total. The first-order valence-electron chi connectivity index (χ1n) is 20.0. The summed E-state index contributed by atoms with van der Waals surface area (Å²) in [4.78, 5) is 41.6. The number of aliphatic hydroxyl groups is 2. The van der Waals surface area contributed by atoms with Crippen molar-refractivity contribution in [2.45, 2.75) is 193 Å². The Balaban J connectivity index is 1.86. The van der Waals surface area contributed by atoms with E-state index in [4.69, 9.17) is 42.6 Å². The molecule has 0 spiro atoms. The van der Waals surface area contributed by atoms with Crippen LogP contribution in [0.3, 0.4) is 0 Å². The summed E-state index contributed by atoms with van der Waals surface area (Å²) in [5, 5.41) is 24.5. The molecule has 55 heavy (non-hydrogen) atoms. The molecule has 0 unspecified atom stereocenters. The van der Waals surface area contributed by atoms with Crippen LogP contribution in [-0.4, -0.2) is 139 Å². The third-order valence-electron chi connectivity index (χ3n) is 12.5. The van der Waals surface area contributed by atoms with Gasteiger partial charge in [0.05, 0.1) is 53.7 Å². The zero-order valence-corrected chi connectivity index (χ0v) is 35.4. The summed E-state index contributed by atoms with van der Waals surface area (Å²) in [5.74, 6) is -4.19. The van der Waals surface area contributed by atoms with Crippen LogP contribution in [0.15, 0.2) is 0 Å². The number of rotatable bonds is 8. The lowest BCUT2D eigenvalue weighted by Crippen LogP contribution is -2.61. The Kier molecular flexibility index (Phi) is 14.8. The van der Waals surface area contributed by atoms with Gasteiger partial charge in [0.1, 0.15) is 6.10 Å². The number of ether oxygens (including phenoxy) is 9. The number of hydrogen-bond acceptors (Lipinski definition) is 15. The summed E-state index contributed by atoms with van der Waals surface area (Å²) in [6, 6.07) is -0.278. The molecule has 0 radical (unpaired) electrons. The second-order valence-electron chi connectivity index (χ2n) is 17.7. The lowest BCUT2D eigenvalue weighted by Gasteiger charge is -2.49. The molecule has 0 amide bonds. The van der Waals surface area contributed by atoms with Gasteiger partial charge in [-0.25, -0.2) is 4.79 Å². The van der Waals surface area contributed by atoms with Gasteiger partial charge in [0.25, 0.3) is 0 Å². The summed E-state index contributed by atoms with van der Waals surface area (Å²) in [6.45, 7) is 19.3. The molecule has 4 fully saturated rings. The number of likely N-dealkylation sites (N-methyl/N-ethyl adjacent to an activating group) is 1. The van der Waals surface area contributed by atoms with Gasteiger partial charge < -0.3 is 57.7 Å². The average Bonchev–Trinajstić information content (AvgIpc) is 3.40. The Morgan fingerprint density at radius 1 is 0.909 bits per heavy atom. The summed E-state index contributed by atoms with van der Waals surface area (Å²) < 4.78 is 55.7. The lowest BCUT2D eigenvalue weighted by molar-refractivity contribution is -0.312. The molecule has 0 aromatic rings. The van der Waals surface area contributed by atoms with Crippen LogP contribution >= 0.6 is 0 Å². The summed E-state index contributed by atoms with van der Waals surface area (Å²) in [6.07, 6.45) is -7.60. The Morgan fingerprint density at radius 3 is 2.15 bits per heavy atom. The molecule has 15 heteroatoms. The Labute approximate surface area is 327 Å². The zero-order valence-electron chi connectivity index (χ0n) is 35.4. The third kappa shape index (κ3) is 10.1. The van der Waals surface area contributed by atoms with Crippen molar-refractivity contribution in [3.63, 3.8) is 0 Å². The number of carbonyl (C=O) groups is 3. The SMILES string of the molecule is CC[C@H]1OC(=O)[C@H](C)[C@@H](O[C@H]2C[C@@](C)(OC)C[C@H](C)O2)[C@H](C)[C@@H](O[C@@H]2O[C@H](C)C[C@H](N(C)C)[C@H]2OC(C)=O)[C@](C)(O)C[C@@H](C)[C@H](O)[C@H](C)[C@H]2OC(=O)O[C@@]21C. The van der Waals surface area contributed by atoms with Gasteiger partial charge in [-0.15, -0.1) is 0 Å². The summed E-state index contributed by atoms with van der Waals surface area (Å²) in [5.41, 5.74) is -3.71. The van der Waals surface area contributed by atoms with E-state index in [1.54, 1.807) is 41.7 Å². The largest absolute Gasteiger partial charge is 0.509 e. The summed E-state index contributed by atoms with van der Waals surface area (Å²) >= 11 is 0. The van der Waals surface area contributed by atoms with E-state index in [2.05, 4.69) is 0 Å². The second kappa shape index (κ2) is 17.8. The molecular weight excluding hydrogens is 718 g/mol. The average molecular weight is 788 g/mol. The van der Waals surface area contributed by atoms with Crippen LogP contribution in [0.1, 0.15) is 108 Å². The van der Waals surface area contributed by atoms with E-state index in [0.29, 0.717) is 19.3 Å². The van der Waals surface area contributed by atoms with E-state index in [1.165, 1.54) is 6.92 Å². The van der Waals surface area contributed by atoms with Crippen LogP contribution in [0.5, 0.6) is 0 Å². The van der Waals surface area contributed by atoms with Gasteiger partial charge in [0, 0.05) is 38.7 Å². The Hall–Kier alpha value is -2.11. The number of hydrogen-bond donors (Lipinski definition) is 2. The van der Waals surface area contributed by atoms with Crippen molar-refractivity contribution in [2.24, 2.45) is 23.7 Å². The number of carbonyl (C=O) groups excluding carboxylic acids is 3. The minimum Gasteiger partial charge on any atom is -0.458 e. The maximum absolute atomic E-state index is 14.4. The molecule has 18 atom stereocenters. The normalized spacial score (nSPS) is 47.5. The molecule has 2 N–H and O–H groups in total. The van der Waals surface area contributed by atoms with E-state index < -0.39 is 108 Å². The van der Waals surface area contributed by atoms with Gasteiger partial charge in [0.15, 0.2) is 30.4 Å². The maximum atomic E-state index is 14.4. The van der Waals surface area contributed by atoms with E-state index in [-0.39, 0.29) is 31.1 Å². The quantitative estimate of drug-likeness (QED) is 0.262. The number of fused-ring (bicyclic) bond motifs is 1. The molecule has 4 saturated heterocycles. The zero-order chi connectivity index (χ0) is 41.4. The molecule has 4 heterocycles. The topological polar surface area (TPSA) is 178 Å². The summed E-state index contributed by atoms with van der Waals surface area (Å²) in [7, 11) is 5.41. The standard InChI is InChI=1S/C40H69NO14/c1-15-28-40(11)34(54-37(45)55-40)23(5)30(43)20(2)17-39(10,46)33(53-36-32(50-26(8)42)27(41(12)13)16-21(3)49-36)24(6)31(25(7)35(44)51-28)52-29-19-38(9,47-14)18-22(4)48-29/h20-25,27-34,36,43,46H,15-19H2,1-14H3/t20-,21-,22+,23+,24+,25-,27+,28-,29+,30+,31+,32-,33-,34-,36+,38+,39-,40-/m1/s1.